The molecule has 2 aromatic heterocycles. The fourth-order valence-corrected chi connectivity index (χ4v) is 3.61. The number of fused-ring (bicyclic) bond motifs is 1. The van der Waals surface area contributed by atoms with Gasteiger partial charge in [-0.3, -0.25) is 4.98 Å². The monoisotopic (exact) mass is 301 g/mol. The number of hydrogen-bond acceptors (Lipinski definition) is 4. The Hall–Kier alpha value is -1.39. The standard InChI is InChI=1S/C17H23N3S/c1-13(2)10-18-11-15-9-16(3-6-19-15)20-7-4-17-14(12-20)5-8-21-17/h3,5-6,8-9,13,18H,4,7,10-12H2,1-2H3. The molecule has 3 heterocycles. The molecule has 1 N–H and O–H groups in total. The molecule has 0 atom stereocenters. The van der Waals surface area contributed by atoms with Crippen LogP contribution in [0.4, 0.5) is 5.69 Å². The zero-order valence-corrected chi connectivity index (χ0v) is 13.6. The summed E-state index contributed by atoms with van der Waals surface area (Å²) in [6.45, 7) is 8.47. The minimum absolute atomic E-state index is 0.673. The zero-order chi connectivity index (χ0) is 14.7. The van der Waals surface area contributed by atoms with Gasteiger partial charge in [-0.2, -0.15) is 0 Å². The van der Waals surface area contributed by atoms with E-state index in [9.17, 15) is 0 Å². The van der Waals surface area contributed by atoms with Gasteiger partial charge in [0.15, 0.2) is 0 Å². The molecule has 3 nitrogen and oxygen atoms in total. The number of rotatable bonds is 5. The van der Waals surface area contributed by atoms with Gasteiger partial charge in [0.1, 0.15) is 0 Å². The normalized spacial score (nSPS) is 14.5. The van der Waals surface area contributed by atoms with Gasteiger partial charge in [-0.25, -0.2) is 0 Å². The Morgan fingerprint density at radius 3 is 3.14 bits per heavy atom. The number of anilines is 1. The van der Waals surface area contributed by atoms with Crippen LogP contribution in [0.15, 0.2) is 29.8 Å². The third-order valence-electron chi connectivity index (χ3n) is 3.83. The molecule has 2 aromatic rings. The lowest BCUT2D eigenvalue weighted by molar-refractivity contribution is 0.548. The van der Waals surface area contributed by atoms with E-state index in [0.717, 1.165) is 38.3 Å². The largest absolute Gasteiger partial charge is 0.367 e. The highest BCUT2D eigenvalue weighted by atomic mass is 32.1. The van der Waals surface area contributed by atoms with E-state index in [1.807, 2.05) is 17.5 Å². The van der Waals surface area contributed by atoms with E-state index in [1.54, 1.807) is 4.88 Å². The Balaban J connectivity index is 1.66. The molecule has 0 aromatic carbocycles. The van der Waals surface area contributed by atoms with Gasteiger partial charge in [0.2, 0.25) is 0 Å². The van der Waals surface area contributed by atoms with Crippen molar-refractivity contribution in [2.45, 2.75) is 33.4 Å². The van der Waals surface area contributed by atoms with Gasteiger partial charge in [-0.1, -0.05) is 13.8 Å². The summed E-state index contributed by atoms with van der Waals surface area (Å²) < 4.78 is 0. The summed E-state index contributed by atoms with van der Waals surface area (Å²) in [5.74, 6) is 0.673. The molecular formula is C17H23N3S. The molecule has 0 saturated heterocycles. The Kier molecular flexibility index (Phi) is 4.56. The Labute approximate surface area is 131 Å². The molecular weight excluding hydrogens is 278 g/mol. The van der Waals surface area contributed by atoms with Crippen molar-refractivity contribution in [1.82, 2.24) is 10.3 Å². The molecule has 0 bridgehead atoms. The van der Waals surface area contributed by atoms with Crippen LogP contribution in [0.3, 0.4) is 0 Å². The van der Waals surface area contributed by atoms with E-state index < -0.39 is 0 Å². The molecule has 0 spiro atoms. The molecule has 0 amide bonds. The first kappa shape index (κ1) is 14.5. The average molecular weight is 301 g/mol. The average Bonchev–Trinajstić information content (AvgIpc) is 2.94. The maximum atomic E-state index is 4.48. The first-order valence-electron chi connectivity index (χ1n) is 7.68. The van der Waals surface area contributed by atoms with Crippen molar-refractivity contribution in [3.05, 3.63) is 45.9 Å². The van der Waals surface area contributed by atoms with Crippen molar-refractivity contribution in [3.63, 3.8) is 0 Å². The molecule has 0 aliphatic carbocycles. The Bertz CT molecular complexity index is 591. The number of nitrogens with zero attached hydrogens (tertiary/aromatic N) is 2. The molecule has 1 aliphatic rings. The van der Waals surface area contributed by atoms with Crippen LogP contribution in [0.5, 0.6) is 0 Å². The summed E-state index contributed by atoms with van der Waals surface area (Å²) in [7, 11) is 0. The van der Waals surface area contributed by atoms with Crippen molar-refractivity contribution < 1.29 is 0 Å². The van der Waals surface area contributed by atoms with E-state index in [-0.39, 0.29) is 0 Å². The smallest absolute Gasteiger partial charge is 0.0562 e. The molecule has 0 radical (unpaired) electrons. The second kappa shape index (κ2) is 6.58. The Morgan fingerprint density at radius 1 is 1.38 bits per heavy atom. The minimum atomic E-state index is 0.673. The molecule has 1 aliphatic heterocycles. The first-order chi connectivity index (χ1) is 10.2. The van der Waals surface area contributed by atoms with Crippen molar-refractivity contribution in [3.8, 4) is 0 Å². The fraction of sp³-hybridized carbons (Fsp3) is 0.471. The van der Waals surface area contributed by atoms with E-state index in [0.29, 0.717) is 5.92 Å². The van der Waals surface area contributed by atoms with Crippen LogP contribution in [0.2, 0.25) is 0 Å². The second-order valence-electron chi connectivity index (χ2n) is 6.07. The van der Waals surface area contributed by atoms with Gasteiger partial charge >= 0.3 is 0 Å². The highest BCUT2D eigenvalue weighted by Gasteiger charge is 2.17. The summed E-state index contributed by atoms with van der Waals surface area (Å²) in [5.41, 5.74) is 3.91. The summed E-state index contributed by atoms with van der Waals surface area (Å²) in [5, 5.41) is 5.67. The SMILES string of the molecule is CC(C)CNCc1cc(N2CCc3sccc3C2)ccn1. The molecule has 112 valence electrons. The van der Waals surface area contributed by atoms with Gasteiger partial charge < -0.3 is 10.2 Å². The van der Waals surface area contributed by atoms with Gasteiger partial charge in [0.05, 0.1) is 5.69 Å². The lowest BCUT2D eigenvalue weighted by atomic mass is 10.1. The van der Waals surface area contributed by atoms with Gasteiger partial charge in [0, 0.05) is 36.4 Å². The third-order valence-corrected chi connectivity index (χ3v) is 4.85. The number of thiophene rings is 1. The van der Waals surface area contributed by atoms with Crippen LogP contribution in [-0.4, -0.2) is 18.1 Å². The summed E-state index contributed by atoms with van der Waals surface area (Å²) in [6, 6.07) is 6.62. The third kappa shape index (κ3) is 3.63. The van der Waals surface area contributed by atoms with E-state index in [1.165, 1.54) is 11.3 Å². The van der Waals surface area contributed by atoms with Crippen molar-refractivity contribution in [1.29, 1.82) is 0 Å². The van der Waals surface area contributed by atoms with Gasteiger partial charge in [-0.05, 0) is 48.0 Å². The minimum Gasteiger partial charge on any atom is -0.367 e. The predicted molar refractivity (Wildman–Crippen MR) is 89.9 cm³/mol. The summed E-state index contributed by atoms with van der Waals surface area (Å²) in [6.07, 6.45) is 3.10. The predicted octanol–water partition coefficient (Wildman–Crippen LogP) is 3.45. The topological polar surface area (TPSA) is 28.2 Å². The van der Waals surface area contributed by atoms with Crippen molar-refractivity contribution in [2.24, 2.45) is 5.92 Å². The van der Waals surface area contributed by atoms with Crippen molar-refractivity contribution in [2.75, 3.05) is 18.0 Å². The molecule has 0 saturated carbocycles. The molecule has 4 heteroatoms. The fourth-order valence-electron chi connectivity index (χ4n) is 2.72. The summed E-state index contributed by atoms with van der Waals surface area (Å²) in [4.78, 5) is 8.49. The lowest BCUT2D eigenvalue weighted by Gasteiger charge is -2.29. The maximum absolute atomic E-state index is 4.48. The number of aromatic nitrogens is 1. The van der Waals surface area contributed by atoms with E-state index in [4.69, 9.17) is 0 Å². The number of hydrogen-bond donors (Lipinski definition) is 1. The first-order valence-corrected chi connectivity index (χ1v) is 8.56. The Morgan fingerprint density at radius 2 is 2.29 bits per heavy atom. The lowest BCUT2D eigenvalue weighted by Crippen LogP contribution is -2.29. The molecule has 3 rings (SSSR count). The van der Waals surface area contributed by atoms with Crippen LogP contribution in [0, 0.1) is 5.92 Å². The van der Waals surface area contributed by atoms with Crippen LogP contribution in [-0.2, 0) is 19.5 Å². The van der Waals surface area contributed by atoms with E-state index >= 15 is 0 Å². The zero-order valence-electron chi connectivity index (χ0n) is 12.8. The van der Waals surface area contributed by atoms with Crippen molar-refractivity contribution >= 4 is 17.0 Å². The number of nitrogens with one attached hydrogen (secondary N) is 1. The highest BCUT2D eigenvalue weighted by molar-refractivity contribution is 7.10. The second-order valence-corrected chi connectivity index (χ2v) is 7.07. The highest BCUT2D eigenvalue weighted by Crippen LogP contribution is 2.27. The maximum Gasteiger partial charge on any atom is 0.0562 e. The molecule has 0 fully saturated rings. The summed E-state index contributed by atoms with van der Waals surface area (Å²) >= 11 is 1.89. The van der Waals surface area contributed by atoms with Gasteiger partial charge in [-0.15, -0.1) is 11.3 Å². The quantitative estimate of drug-likeness (QED) is 0.917. The molecule has 0 unspecified atom stereocenters. The number of pyridine rings is 1. The van der Waals surface area contributed by atoms with Crippen LogP contribution in [0.1, 0.15) is 30.0 Å². The van der Waals surface area contributed by atoms with Crippen LogP contribution in [0.25, 0.3) is 0 Å². The van der Waals surface area contributed by atoms with Gasteiger partial charge in [0.25, 0.3) is 0 Å². The molecule has 21 heavy (non-hydrogen) atoms. The van der Waals surface area contributed by atoms with Crippen LogP contribution < -0.4 is 10.2 Å². The van der Waals surface area contributed by atoms with E-state index in [2.05, 4.69) is 52.6 Å². The van der Waals surface area contributed by atoms with Crippen LogP contribution >= 0.6 is 11.3 Å².